The standard InChI is InChI=1S/C15H18N2O2S.ClH/c16-9-15(19)17(10-12-5-2-1-3-6-12)11-13(18)14-7-4-8-20-14;/h1-8,13,18H,9-11,16H2;1H. The minimum Gasteiger partial charge on any atom is -0.386 e. The van der Waals surface area contributed by atoms with E-state index in [0.29, 0.717) is 6.54 Å². The van der Waals surface area contributed by atoms with Gasteiger partial charge in [-0.05, 0) is 17.0 Å². The Hall–Kier alpha value is -1.40. The number of nitrogens with two attached hydrogens (primary N) is 1. The first-order valence-electron chi connectivity index (χ1n) is 6.44. The maximum Gasteiger partial charge on any atom is 0.236 e. The van der Waals surface area contributed by atoms with Gasteiger partial charge < -0.3 is 15.7 Å². The van der Waals surface area contributed by atoms with E-state index >= 15 is 0 Å². The van der Waals surface area contributed by atoms with Crippen molar-refractivity contribution >= 4 is 29.7 Å². The molecule has 0 aliphatic rings. The van der Waals surface area contributed by atoms with Gasteiger partial charge in [0.1, 0.15) is 6.10 Å². The number of thiophene rings is 1. The molecular weight excluding hydrogens is 308 g/mol. The SMILES string of the molecule is Cl.NCC(=O)N(Cc1ccccc1)CC(O)c1cccs1. The molecule has 0 saturated carbocycles. The predicted octanol–water partition coefficient (Wildman–Crippen LogP) is 2.19. The highest BCUT2D eigenvalue weighted by molar-refractivity contribution is 7.10. The van der Waals surface area contributed by atoms with Gasteiger partial charge in [-0.1, -0.05) is 36.4 Å². The third kappa shape index (κ3) is 5.13. The van der Waals surface area contributed by atoms with Gasteiger partial charge in [0.05, 0.1) is 13.1 Å². The zero-order valence-corrected chi connectivity index (χ0v) is 13.1. The van der Waals surface area contributed by atoms with Crippen LogP contribution in [0.25, 0.3) is 0 Å². The summed E-state index contributed by atoms with van der Waals surface area (Å²) in [5.74, 6) is -0.163. The Balaban J connectivity index is 0.00000220. The van der Waals surface area contributed by atoms with Gasteiger partial charge in [-0.25, -0.2) is 0 Å². The molecule has 0 radical (unpaired) electrons. The number of carbonyl (C=O) groups excluding carboxylic acids is 1. The topological polar surface area (TPSA) is 66.6 Å². The van der Waals surface area contributed by atoms with Crippen LogP contribution in [0.3, 0.4) is 0 Å². The highest BCUT2D eigenvalue weighted by atomic mass is 35.5. The molecule has 3 N–H and O–H groups in total. The van der Waals surface area contributed by atoms with Crippen LogP contribution in [0, 0.1) is 0 Å². The number of rotatable bonds is 6. The molecule has 0 fully saturated rings. The maximum absolute atomic E-state index is 11.9. The van der Waals surface area contributed by atoms with E-state index in [2.05, 4.69) is 0 Å². The van der Waals surface area contributed by atoms with Gasteiger partial charge in [0.25, 0.3) is 0 Å². The van der Waals surface area contributed by atoms with E-state index < -0.39 is 6.10 Å². The monoisotopic (exact) mass is 326 g/mol. The first-order valence-corrected chi connectivity index (χ1v) is 7.32. The molecule has 114 valence electrons. The molecule has 0 saturated heterocycles. The fraction of sp³-hybridized carbons (Fsp3) is 0.267. The van der Waals surface area contributed by atoms with Crippen molar-refractivity contribution in [1.82, 2.24) is 4.90 Å². The van der Waals surface area contributed by atoms with Gasteiger partial charge in [-0.15, -0.1) is 23.7 Å². The Morgan fingerprint density at radius 3 is 2.52 bits per heavy atom. The minimum absolute atomic E-state index is 0. The summed E-state index contributed by atoms with van der Waals surface area (Å²) < 4.78 is 0. The molecule has 0 aliphatic carbocycles. The number of aliphatic hydroxyl groups excluding tert-OH is 1. The summed E-state index contributed by atoms with van der Waals surface area (Å²) in [6.07, 6.45) is -0.672. The Bertz CT molecular complexity index is 534. The number of nitrogens with zero attached hydrogens (tertiary/aromatic N) is 1. The van der Waals surface area contributed by atoms with E-state index in [0.717, 1.165) is 10.4 Å². The molecule has 2 aromatic rings. The van der Waals surface area contributed by atoms with Crippen molar-refractivity contribution in [2.45, 2.75) is 12.6 Å². The van der Waals surface area contributed by atoms with E-state index in [1.165, 1.54) is 11.3 Å². The van der Waals surface area contributed by atoms with E-state index in [1.54, 1.807) is 4.90 Å². The third-order valence-corrected chi connectivity index (χ3v) is 3.98. The molecule has 6 heteroatoms. The van der Waals surface area contributed by atoms with Crippen molar-refractivity contribution < 1.29 is 9.90 Å². The van der Waals surface area contributed by atoms with E-state index in [-0.39, 0.29) is 31.4 Å². The number of amides is 1. The van der Waals surface area contributed by atoms with Crippen LogP contribution in [-0.4, -0.2) is 29.0 Å². The lowest BCUT2D eigenvalue weighted by Gasteiger charge is -2.24. The molecule has 1 heterocycles. The molecule has 0 aliphatic heterocycles. The van der Waals surface area contributed by atoms with Crippen molar-refractivity contribution in [3.8, 4) is 0 Å². The fourth-order valence-corrected chi connectivity index (χ4v) is 2.67. The predicted molar refractivity (Wildman–Crippen MR) is 87.4 cm³/mol. The van der Waals surface area contributed by atoms with Crippen LogP contribution in [0.5, 0.6) is 0 Å². The van der Waals surface area contributed by atoms with Crippen LogP contribution < -0.4 is 5.73 Å². The summed E-state index contributed by atoms with van der Waals surface area (Å²) in [4.78, 5) is 14.4. The van der Waals surface area contributed by atoms with Crippen LogP contribution >= 0.6 is 23.7 Å². The Morgan fingerprint density at radius 2 is 1.95 bits per heavy atom. The van der Waals surface area contributed by atoms with Gasteiger partial charge in [-0.2, -0.15) is 0 Å². The van der Waals surface area contributed by atoms with Crippen LogP contribution in [0.4, 0.5) is 0 Å². The number of benzene rings is 1. The van der Waals surface area contributed by atoms with Crippen molar-refractivity contribution in [2.24, 2.45) is 5.73 Å². The van der Waals surface area contributed by atoms with Gasteiger partial charge in [0.2, 0.25) is 5.91 Å². The highest BCUT2D eigenvalue weighted by Crippen LogP contribution is 2.20. The lowest BCUT2D eigenvalue weighted by molar-refractivity contribution is -0.131. The summed E-state index contributed by atoms with van der Waals surface area (Å²) in [6, 6.07) is 13.4. The second-order valence-electron chi connectivity index (χ2n) is 4.50. The summed E-state index contributed by atoms with van der Waals surface area (Å²) in [7, 11) is 0. The quantitative estimate of drug-likeness (QED) is 0.855. The van der Waals surface area contributed by atoms with Crippen molar-refractivity contribution in [2.75, 3.05) is 13.1 Å². The number of carbonyl (C=O) groups is 1. The summed E-state index contributed by atoms with van der Waals surface area (Å²) in [6.45, 7) is 0.661. The van der Waals surface area contributed by atoms with Crippen LogP contribution in [0.15, 0.2) is 47.8 Å². The van der Waals surface area contributed by atoms with E-state index in [4.69, 9.17) is 5.73 Å². The molecule has 1 unspecified atom stereocenters. The number of hydrogen-bond donors (Lipinski definition) is 2. The molecule has 0 spiro atoms. The minimum atomic E-state index is -0.672. The van der Waals surface area contributed by atoms with Crippen LogP contribution in [0.2, 0.25) is 0 Å². The average molecular weight is 327 g/mol. The maximum atomic E-state index is 11.9. The van der Waals surface area contributed by atoms with Crippen molar-refractivity contribution in [3.05, 3.63) is 58.3 Å². The van der Waals surface area contributed by atoms with Gasteiger partial charge in [0.15, 0.2) is 0 Å². The summed E-state index contributed by atoms with van der Waals surface area (Å²) >= 11 is 1.48. The fourth-order valence-electron chi connectivity index (χ4n) is 1.97. The molecule has 1 aromatic carbocycles. The Kier molecular flexibility index (Phi) is 7.39. The first-order chi connectivity index (χ1) is 9.70. The number of halogens is 1. The molecule has 2 rings (SSSR count). The highest BCUT2D eigenvalue weighted by Gasteiger charge is 2.18. The van der Waals surface area contributed by atoms with E-state index in [1.807, 2.05) is 47.8 Å². The van der Waals surface area contributed by atoms with Crippen LogP contribution in [0.1, 0.15) is 16.5 Å². The van der Waals surface area contributed by atoms with Gasteiger partial charge in [0, 0.05) is 11.4 Å². The Labute approximate surface area is 134 Å². The molecule has 1 atom stereocenters. The third-order valence-electron chi connectivity index (χ3n) is 3.01. The zero-order valence-electron chi connectivity index (χ0n) is 11.5. The lowest BCUT2D eigenvalue weighted by atomic mass is 10.2. The van der Waals surface area contributed by atoms with Crippen molar-refractivity contribution in [1.29, 1.82) is 0 Å². The molecule has 0 bridgehead atoms. The van der Waals surface area contributed by atoms with E-state index in [9.17, 15) is 9.90 Å². The normalized spacial score (nSPS) is 11.5. The van der Waals surface area contributed by atoms with Gasteiger partial charge in [-0.3, -0.25) is 4.79 Å². The molecule has 1 amide bonds. The number of hydrogen-bond acceptors (Lipinski definition) is 4. The largest absolute Gasteiger partial charge is 0.386 e. The molecular formula is C15H19ClN2O2S. The zero-order chi connectivity index (χ0) is 14.4. The Morgan fingerprint density at radius 1 is 1.24 bits per heavy atom. The first kappa shape index (κ1) is 17.7. The second-order valence-corrected chi connectivity index (χ2v) is 5.47. The lowest BCUT2D eigenvalue weighted by Crippen LogP contribution is -2.38. The number of aliphatic hydroxyl groups is 1. The molecule has 4 nitrogen and oxygen atoms in total. The van der Waals surface area contributed by atoms with Gasteiger partial charge >= 0.3 is 0 Å². The van der Waals surface area contributed by atoms with Crippen molar-refractivity contribution in [3.63, 3.8) is 0 Å². The van der Waals surface area contributed by atoms with Crippen LogP contribution in [-0.2, 0) is 11.3 Å². The molecule has 21 heavy (non-hydrogen) atoms. The smallest absolute Gasteiger partial charge is 0.236 e. The second kappa shape index (κ2) is 8.79. The average Bonchev–Trinajstić information content (AvgIpc) is 3.01. The summed E-state index contributed by atoms with van der Waals surface area (Å²) in [5.41, 5.74) is 6.47. The summed E-state index contributed by atoms with van der Waals surface area (Å²) in [5, 5.41) is 12.1. The molecule has 1 aromatic heterocycles.